The molecule has 0 bridgehead atoms. The number of benzene rings is 1. The molecule has 1 fully saturated rings. The number of hydrogen-bond donors (Lipinski definition) is 1. The molecule has 0 radical (unpaired) electrons. The summed E-state index contributed by atoms with van der Waals surface area (Å²) in [6.07, 6.45) is 5.05. The zero-order valence-electron chi connectivity index (χ0n) is 9.66. The average Bonchev–Trinajstić information content (AvgIpc) is 3.04. The van der Waals surface area contributed by atoms with Crippen molar-refractivity contribution in [3.63, 3.8) is 0 Å². The van der Waals surface area contributed by atoms with Gasteiger partial charge in [0.2, 0.25) is 0 Å². The number of hydrogen-bond acceptors (Lipinski definition) is 2. The second kappa shape index (κ2) is 4.39. The topological polar surface area (TPSA) is 26.0 Å². The van der Waals surface area contributed by atoms with Crippen molar-refractivity contribution in [2.24, 2.45) is 11.7 Å². The normalized spacial score (nSPS) is 17.5. The first-order valence-corrected chi connectivity index (χ1v) is 6.98. The molecule has 1 aromatic heterocycles. The quantitative estimate of drug-likeness (QED) is 0.862. The van der Waals surface area contributed by atoms with Crippen LogP contribution in [0.3, 0.4) is 0 Å². The molecule has 90 valence electrons. The Morgan fingerprint density at radius 3 is 2.94 bits per heavy atom. The molecule has 1 aliphatic rings. The van der Waals surface area contributed by atoms with Crippen LogP contribution in [0.4, 0.5) is 4.39 Å². The van der Waals surface area contributed by atoms with Gasteiger partial charge < -0.3 is 5.73 Å². The summed E-state index contributed by atoms with van der Waals surface area (Å²) in [6.45, 7) is 0. The third-order valence-corrected chi connectivity index (χ3v) is 4.69. The smallest absolute Gasteiger partial charge is 0.123 e. The van der Waals surface area contributed by atoms with E-state index in [4.69, 9.17) is 5.73 Å². The molecule has 0 spiro atoms. The molecule has 0 aliphatic heterocycles. The molecule has 2 aromatic rings. The number of halogens is 1. The second-order valence-electron chi connectivity index (χ2n) is 4.96. The summed E-state index contributed by atoms with van der Waals surface area (Å²) in [5, 5.41) is 0.979. The number of fused-ring (bicyclic) bond motifs is 1. The van der Waals surface area contributed by atoms with Crippen molar-refractivity contribution in [1.29, 1.82) is 0 Å². The molecule has 1 aliphatic carbocycles. The van der Waals surface area contributed by atoms with Crippen LogP contribution in [-0.2, 0) is 0 Å². The fourth-order valence-corrected chi connectivity index (χ4v) is 3.26. The van der Waals surface area contributed by atoms with Gasteiger partial charge in [-0.1, -0.05) is 12.8 Å². The summed E-state index contributed by atoms with van der Waals surface area (Å²) in [7, 11) is 0. The van der Waals surface area contributed by atoms with Crippen molar-refractivity contribution in [2.45, 2.75) is 31.7 Å². The van der Waals surface area contributed by atoms with E-state index in [0.29, 0.717) is 0 Å². The molecule has 2 N–H and O–H groups in total. The lowest BCUT2D eigenvalue weighted by Crippen LogP contribution is -2.08. The third-order valence-electron chi connectivity index (χ3n) is 3.45. The van der Waals surface area contributed by atoms with E-state index in [1.807, 2.05) is 12.1 Å². The van der Waals surface area contributed by atoms with Crippen molar-refractivity contribution in [1.82, 2.24) is 0 Å². The van der Waals surface area contributed by atoms with Crippen LogP contribution in [0.2, 0.25) is 0 Å². The molecule has 0 saturated heterocycles. The van der Waals surface area contributed by atoms with Crippen molar-refractivity contribution in [3.8, 4) is 0 Å². The Bertz CT molecular complexity index is 530. The molecule has 3 heteroatoms. The Labute approximate surface area is 104 Å². The van der Waals surface area contributed by atoms with E-state index in [1.54, 1.807) is 17.4 Å². The van der Waals surface area contributed by atoms with E-state index < -0.39 is 0 Å². The summed E-state index contributed by atoms with van der Waals surface area (Å²) >= 11 is 1.69. The van der Waals surface area contributed by atoms with Gasteiger partial charge in [-0.15, -0.1) is 11.3 Å². The molecule has 17 heavy (non-hydrogen) atoms. The molecular formula is C14H16FNS. The summed E-state index contributed by atoms with van der Waals surface area (Å²) in [5.74, 6) is 0.751. The Balaban J connectivity index is 1.78. The van der Waals surface area contributed by atoms with Crippen LogP contribution in [0, 0.1) is 11.7 Å². The Kier molecular flexibility index (Phi) is 2.89. The fraction of sp³-hybridized carbons (Fsp3) is 0.429. The van der Waals surface area contributed by atoms with Gasteiger partial charge in [0.05, 0.1) is 0 Å². The van der Waals surface area contributed by atoms with Gasteiger partial charge in [-0.25, -0.2) is 4.39 Å². The summed E-state index contributed by atoms with van der Waals surface area (Å²) in [6, 6.07) is 7.10. The van der Waals surface area contributed by atoms with Crippen molar-refractivity contribution >= 4 is 21.4 Å². The maximum atomic E-state index is 13.1. The Morgan fingerprint density at radius 2 is 2.18 bits per heavy atom. The number of thiophene rings is 1. The molecule has 1 saturated carbocycles. The summed E-state index contributed by atoms with van der Waals surface area (Å²) in [5.41, 5.74) is 6.19. The van der Waals surface area contributed by atoms with E-state index in [-0.39, 0.29) is 11.9 Å². The highest BCUT2D eigenvalue weighted by Crippen LogP contribution is 2.37. The van der Waals surface area contributed by atoms with Crippen LogP contribution in [-0.4, -0.2) is 0 Å². The lowest BCUT2D eigenvalue weighted by Gasteiger charge is -2.07. The minimum Gasteiger partial charge on any atom is -0.323 e. The van der Waals surface area contributed by atoms with E-state index >= 15 is 0 Å². The van der Waals surface area contributed by atoms with E-state index in [0.717, 1.165) is 22.4 Å². The van der Waals surface area contributed by atoms with Crippen molar-refractivity contribution in [3.05, 3.63) is 35.0 Å². The van der Waals surface area contributed by atoms with Gasteiger partial charge >= 0.3 is 0 Å². The lowest BCUT2D eigenvalue weighted by molar-refractivity contribution is 0.582. The van der Waals surface area contributed by atoms with E-state index in [9.17, 15) is 4.39 Å². The fourth-order valence-electron chi connectivity index (χ4n) is 2.18. The molecular weight excluding hydrogens is 233 g/mol. The molecule has 0 amide bonds. The first kappa shape index (κ1) is 11.2. The highest BCUT2D eigenvalue weighted by atomic mass is 32.1. The van der Waals surface area contributed by atoms with Gasteiger partial charge in [-0.2, -0.15) is 0 Å². The number of rotatable bonds is 4. The Hall–Kier alpha value is -0.930. The standard InChI is InChI=1S/C14H16FNS/c15-11-4-6-13-10(7-11)8-14(17-13)12(16)5-3-9-1-2-9/h4,6-9,12H,1-3,5,16H2. The van der Waals surface area contributed by atoms with Gasteiger partial charge in [0.25, 0.3) is 0 Å². The lowest BCUT2D eigenvalue weighted by atomic mass is 10.1. The molecule has 1 nitrogen and oxygen atoms in total. The minimum atomic E-state index is -0.173. The second-order valence-corrected chi connectivity index (χ2v) is 6.07. The highest BCUT2D eigenvalue weighted by Gasteiger charge is 2.22. The third kappa shape index (κ3) is 2.50. The number of nitrogens with two attached hydrogens (primary N) is 1. The van der Waals surface area contributed by atoms with Gasteiger partial charge in [0.1, 0.15) is 5.82 Å². The molecule has 1 aromatic carbocycles. The van der Waals surface area contributed by atoms with Crippen molar-refractivity contribution < 1.29 is 4.39 Å². The minimum absolute atomic E-state index is 0.121. The van der Waals surface area contributed by atoms with Crippen LogP contribution in [0.1, 0.15) is 36.6 Å². The molecule has 1 heterocycles. The van der Waals surface area contributed by atoms with Gasteiger partial charge in [0.15, 0.2) is 0 Å². The zero-order valence-corrected chi connectivity index (χ0v) is 10.5. The SMILES string of the molecule is NC(CCC1CC1)c1cc2cc(F)ccc2s1. The Morgan fingerprint density at radius 1 is 1.35 bits per heavy atom. The predicted octanol–water partition coefficient (Wildman–Crippen LogP) is 4.23. The van der Waals surface area contributed by atoms with Gasteiger partial charge in [-0.3, -0.25) is 0 Å². The monoisotopic (exact) mass is 249 g/mol. The van der Waals surface area contributed by atoms with Crippen LogP contribution < -0.4 is 5.73 Å². The van der Waals surface area contributed by atoms with Crippen LogP contribution in [0.25, 0.3) is 10.1 Å². The first-order valence-electron chi connectivity index (χ1n) is 6.17. The summed E-state index contributed by atoms with van der Waals surface area (Å²) in [4.78, 5) is 1.19. The maximum Gasteiger partial charge on any atom is 0.123 e. The van der Waals surface area contributed by atoms with Crippen LogP contribution >= 0.6 is 11.3 Å². The van der Waals surface area contributed by atoms with Gasteiger partial charge in [0, 0.05) is 15.6 Å². The molecule has 1 unspecified atom stereocenters. The van der Waals surface area contributed by atoms with Crippen molar-refractivity contribution in [2.75, 3.05) is 0 Å². The zero-order chi connectivity index (χ0) is 11.8. The maximum absolute atomic E-state index is 13.1. The van der Waals surface area contributed by atoms with Crippen LogP contribution in [0.5, 0.6) is 0 Å². The molecule has 1 atom stereocenters. The molecule has 3 rings (SSSR count). The van der Waals surface area contributed by atoms with E-state index in [2.05, 4.69) is 0 Å². The van der Waals surface area contributed by atoms with Gasteiger partial charge in [-0.05, 0) is 48.4 Å². The highest BCUT2D eigenvalue weighted by molar-refractivity contribution is 7.19. The largest absolute Gasteiger partial charge is 0.323 e. The summed E-state index contributed by atoms with van der Waals surface area (Å²) < 4.78 is 14.2. The average molecular weight is 249 g/mol. The van der Waals surface area contributed by atoms with Crippen LogP contribution in [0.15, 0.2) is 24.3 Å². The first-order chi connectivity index (χ1) is 8.22. The predicted molar refractivity (Wildman–Crippen MR) is 70.7 cm³/mol. The van der Waals surface area contributed by atoms with E-state index in [1.165, 1.54) is 30.2 Å².